The van der Waals surface area contributed by atoms with Crippen molar-refractivity contribution in [1.82, 2.24) is 0 Å². The number of carbonyl (C=O) groups is 2. The van der Waals surface area contributed by atoms with Crippen LogP contribution >= 0.6 is 0 Å². The number of esters is 2. The van der Waals surface area contributed by atoms with E-state index in [0.29, 0.717) is 12.8 Å². The second kappa shape index (κ2) is 52.4. The molecule has 0 aromatic rings. The normalized spacial score (nSPS) is 12.9. The number of hydrogen-bond acceptors (Lipinski definition) is 5. The van der Waals surface area contributed by atoms with Crippen molar-refractivity contribution in [3.8, 4) is 0 Å². The van der Waals surface area contributed by atoms with E-state index in [1.54, 1.807) is 0 Å². The van der Waals surface area contributed by atoms with Crippen molar-refractivity contribution in [2.45, 2.75) is 251 Å². The first-order chi connectivity index (χ1) is 30.6. The Bertz CT molecular complexity index is 1160. The van der Waals surface area contributed by atoms with Gasteiger partial charge in [0.05, 0.1) is 6.61 Å². The summed E-state index contributed by atoms with van der Waals surface area (Å²) in [6, 6.07) is 0. The van der Waals surface area contributed by atoms with Crippen LogP contribution in [0.4, 0.5) is 0 Å². The Morgan fingerprint density at radius 2 is 0.694 bits per heavy atom. The van der Waals surface area contributed by atoms with Crippen LogP contribution in [0.25, 0.3) is 0 Å². The van der Waals surface area contributed by atoms with Crippen LogP contribution in [0.1, 0.15) is 245 Å². The fraction of sp³-hybridized carbons (Fsp3) is 0.719. The molecule has 5 nitrogen and oxygen atoms in total. The molecule has 1 atom stereocenters. The number of carbonyl (C=O) groups excluding carboxylic acids is 2. The Kier molecular flexibility index (Phi) is 50.0. The summed E-state index contributed by atoms with van der Waals surface area (Å²) < 4.78 is 10.7. The number of aliphatic hydroxyl groups excluding tert-OH is 1. The van der Waals surface area contributed by atoms with E-state index >= 15 is 0 Å². The average molecular weight is 863 g/mol. The lowest BCUT2D eigenvalue weighted by Gasteiger charge is -2.15. The topological polar surface area (TPSA) is 72.8 Å². The van der Waals surface area contributed by atoms with E-state index in [-0.39, 0.29) is 25.2 Å². The third kappa shape index (κ3) is 49.7. The fourth-order valence-electron chi connectivity index (χ4n) is 7.26. The van der Waals surface area contributed by atoms with E-state index in [1.807, 2.05) is 0 Å². The minimum atomic E-state index is -0.783. The molecule has 0 fully saturated rings. The Balaban J connectivity index is 3.54. The molecule has 1 N–H and O–H groups in total. The van der Waals surface area contributed by atoms with Crippen molar-refractivity contribution >= 4 is 11.9 Å². The molecule has 0 aromatic carbocycles. The molecule has 0 amide bonds. The van der Waals surface area contributed by atoms with Gasteiger partial charge >= 0.3 is 11.9 Å². The van der Waals surface area contributed by atoms with Crippen LogP contribution in [-0.2, 0) is 19.1 Å². The van der Waals surface area contributed by atoms with Crippen LogP contribution < -0.4 is 0 Å². The van der Waals surface area contributed by atoms with Crippen molar-refractivity contribution in [3.05, 3.63) is 85.1 Å². The molecule has 0 saturated heterocycles. The van der Waals surface area contributed by atoms with Crippen LogP contribution in [0, 0.1) is 0 Å². The van der Waals surface area contributed by atoms with Gasteiger partial charge in [0, 0.05) is 12.8 Å². The highest BCUT2D eigenvalue weighted by atomic mass is 16.6. The summed E-state index contributed by atoms with van der Waals surface area (Å²) in [4.78, 5) is 24.5. The molecule has 0 saturated carbocycles. The molecule has 0 spiro atoms. The Morgan fingerprint density at radius 1 is 0.387 bits per heavy atom. The van der Waals surface area contributed by atoms with E-state index in [4.69, 9.17) is 9.47 Å². The standard InChI is InChI=1S/C57H98O5/c1-3-5-7-9-11-13-15-17-19-21-23-25-27-28-30-31-33-35-37-39-41-43-45-47-49-51-56(59)61-54-55(53-58)62-57(60)52-50-48-46-44-42-40-38-36-34-32-29-26-24-22-20-18-16-14-12-10-8-6-4-2/h6,8,12,14-15,17-18,20-21,23-24,26,32,34,55,58H,3-5,7,9-11,13,16,19,22,25,27-31,33,35-54H2,1-2H3/b8-6-,14-12-,17-15-,20-18-,23-21-,26-24-,34-32-. The summed E-state index contributed by atoms with van der Waals surface area (Å²) in [5, 5.41) is 9.63. The third-order valence-electron chi connectivity index (χ3n) is 11.2. The highest BCUT2D eigenvalue weighted by Gasteiger charge is 2.16. The van der Waals surface area contributed by atoms with Crippen molar-refractivity contribution in [1.29, 1.82) is 0 Å². The van der Waals surface area contributed by atoms with E-state index in [0.717, 1.165) is 83.5 Å². The molecule has 0 aliphatic heterocycles. The molecule has 356 valence electrons. The minimum absolute atomic E-state index is 0.0739. The van der Waals surface area contributed by atoms with Gasteiger partial charge in [0.25, 0.3) is 0 Å². The molecule has 0 rings (SSSR count). The number of unbranched alkanes of at least 4 members (excludes halogenated alkanes) is 25. The predicted octanol–water partition coefficient (Wildman–Crippen LogP) is 17.4. The van der Waals surface area contributed by atoms with E-state index < -0.39 is 6.10 Å². The summed E-state index contributed by atoms with van der Waals surface area (Å²) in [5.41, 5.74) is 0. The van der Waals surface area contributed by atoms with Gasteiger partial charge < -0.3 is 14.6 Å². The zero-order chi connectivity index (χ0) is 44.9. The number of hydrogen-bond donors (Lipinski definition) is 1. The van der Waals surface area contributed by atoms with Gasteiger partial charge in [-0.05, 0) is 89.9 Å². The largest absolute Gasteiger partial charge is 0.462 e. The smallest absolute Gasteiger partial charge is 0.306 e. The van der Waals surface area contributed by atoms with Crippen molar-refractivity contribution in [3.63, 3.8) is 0 Å². The number of rotatable bonds is 47. The van der Waals surface area contributed by atoms with E-state index in [2.05, 4.69) is 98.9 Å². The highest BCUT2D eigenvalue weighted by Crippen LogP contribution is 2.15. The van der Waals surface area contributed by atoms with Crippen LogP contribution in [0.3, 0.4) is 0 Å². The molecule has 62 heavy (non-hydrogen) atoms. The monoisotopic (exact) mass is 863 g/mol. The summed E-state index contributed by atoms with van der Waals surface area (Å²) in [6.45, 7) is 4.02. The van der Waals surface area contributed by atoms with Gasteiger partial charge in [0.2, 0.25) is 0 Å². The van der Waals surface area contributed by atoms with Crippen molar-refractivity contribution in [2.24, 2.45) is 0 Å². The molecule has 0 aliphatic carbocycles. The number of allylic oxidation sites excluding steroid dienone is 14. The number of ether oxygens (including phenoxy) is 2. The molecule has 0 aliphatic rings. The molecule has 0 heterocycles. The molecular formula is C57H98O5. The first kappa shape index (κ1) is 59.1. The number of aliphatic hydroxyl groups is 1. The maximum absolute atomic E-state index is 12.3. The zero-order valence-electron chi connectivity index (χ0n) is 40.6. The molecule has 0 bridgehead atoms. The third-order valence-corrected chi connectivity index (χ3v) is 11.2. The average Bonchev–Trinajstić information content (AvgIpc) is 3.28. The van der Waals surface area contributed by atoms with Crippen molar-refractivity contribution < 1.29 is 24.2 Å². The van der Waals surface area contributed by atoms with Gasteiger partial charge in [-0.15, -0.1) is 0 Å². The summed E-state index contributed by atoms with van der Waals surface area (Å²) in [6.07, 6.45) is 72.5. The second-order valence-corrected chi connectivity index (χ2v) is 17.2. The molecule has 0 radical (unpaired) electrons. The Hall–Kier alpha value is -2.92. The van der Waals surface area contributed by atoms with Crippen LogP contribution in [0.15, 0.2) is 85.1 Å². The van der Waals surface area contributed by atoms with Gasteiger partial charge in [-0.1, -0.05) is 227 Å². The van der Waals surface area contributed by atoms with Crippen LogP contribution in [0.5, 0.6) is 0 Å². The minimum Gasteiger partial charge on any atom is -0.462 e. The Morgan fingerprint density at radius 3 is 1.05 bits per heavy atom. The molecule has 5 heteroatoms. The highest BCUT2D eigenvalue weighted by molar-refractivity contribution is 5.70. The van der Waals surface area contributed by atoms with Gasteiger partial charge in [0.1, 0.15) is 6.61 Å². The summed E-state index contributed by atoms with van der Waals surface area (Å²) >= 11 is 0. The van der Waals surface area contributed by atoms with Gasteiger partial charge in [-0.25, -0.2) is 0 Å². The molecule has 0 aromatic heterocycles. The SMILES string of the molecule is CC/C=C\C/C=C\C/C=C\C/C=C\C/C=C\CCCCCCCCCC(=O)OC(CO)COC(=O)CCCCCCCCCCCCCCC/C=C\C/C=C\CCCCCCC. The van der Waals surface area contributed by atoms with E-state index in [1.165, 1.54) is 135 Å². The van der Waals surface area contributed by atoms with Gasteiger partial charge in [-0.2, -0.15) is 0 Å². The first-order valence-electron chi connectivity index (χ1n) is 26.1. The second-order valence-electron chi connectivity index (χ2n) is 17.2. The lowest BCUT2D eigenvalue weighted by Crippen LogP contribution is -2.28. The maximum Gasteiger partial charge on any atom is 0.306 e. The molecular weight excluding hydrogens is 765 g/mol. The fourth-order valence-corrected chi connectivity index (χ4v) is 7.26. The predicted molar refractivity (Wildman–Crippen MR) is 269 cm³/mol. The molecule has 1 unspecified atom stereocenters. The van der Waals surface area contributed by atoms with E-state index in [9.17, 15) is 14.7 Å². The summed E-state index contributed by atoms with van der Waals surface area (Å²) in [5.74, 6) is -0.603. The lowest BCUT2D eigenvalue weighted by molar-refractivity contribution is -0.161. The van der Waals surface area contributed by atoms with Crippen LogP contribution in [-0.4, -0.2) is 36.4 Å². The van der Waals surface area contributed by atoms with Gasteiger partial charge in [0.15, 0.2) is 6.10 Å². The maximum atomic E-state index is 12.3. The zero-order valence-corrected chi connectivity index (χ0v) is 40.6. The Labute approximate surface area is 384 Å². The first-order valence-corrected chi connectivity index (χ1v) is 26.1. The summed E-state index contributed by atoms with van der Waals surface area (Å²) in [7, 11) is 0. The van der Waals surface area contributed by atoms with Crippen molar-refractivity contribution in [2.75, 3.05) is 13.2 Å². The lowest BCUT2D eigenvalue weighted by atomic mass is 10.0. The van der Waals surface area contributed by atoms with Gasteiger partial charge in [-0.3, -0.25) is 9.59 Å². The van der Waals surface area contributed by atoms with Crippen LogP contribution in [0.2, 0.25) is 0 Å². The quantitative estimate of drug-likeness (QED) is 0.0375.